The summed E-state index contributed by atoms with van der Waals surface area (Å²) in [5.74, 6) is -0.206. The van der Waals surface area contributed by atoms with E-state index in [1.807, 2.05) is 12.1 Å². The first-order valence-electron chi connectivity index (χ1n) is 8.57. The van der Waals surface area contributed by atoms with Gasteiger partial charge in [0.15, 0.2) is 5.54 Å². The van der Waals surface area contributed by atoms with Crippen molar-refractivity contribution in [2.24, 2.45) is 0 Å². The molecule has 8 heteroatoms. The summed E-state index contributed by atoms with van der Waals surface area (Å²) in [4.78, 5) is 39.0. The van der Waals surface area contributed by atoms with Crippen LogP contribution in [-0.2, 0) is 16.9 Å². The minimum Gasteiger partial charge on any atom is -0.497 e. The third-order valence-corrected chi connectivity index (χ3v) is 5.07. The van der Waals surface area contributed by atoms with E-state index >= 15 is 0 Å². The number of rotatable bonds is 4. The van der Waals surface area contributed by atoms with Crippen molar-refractivity contribution in [3.63, 3.8) is 0 Å². The Morgan fingerprint density at radius 1 is 1.18 bits per heavy atom. The van der Waals surface area contributed by atoms with Crippen molar-refractivity contribution in [2.45, 2.75) is 12.1 Å². The number of ether oxygens (including phenoxy) is 1. The predicted molar refractivity (Wildman–Crippen MR) is 97.2 cm³/mol. The maximum Gasteiger partial charge on any atom is 0.322 e. The van der Waals surface area contributed by atoms with Gasteiger partial charge in [0.1, 0.15) is 5.75 Å². The molecule has 1 atom stereocenters. The average Bonchev–Trinajstić information content (AvgIpc) is 3.17. The minimum absolute atomic E-state index is 0.0354. The summed E-state index contributed by atoms with van der Waals surface area (Å²) in [7, 11) is 1.53. The van der Waals surface area contributed by atoms with Crippen molar-refractivity contribution in [2.75, 3.05) is 13.7 Å². The summed E-state index contributed by atoms with van der Waals surface area (Å²) in [5, 5.41) is 13.9. The van der Waals surface area contributed by atoms with Crippen LogP contribution in [0.1, 0.15) is 27.0 Å². The van der Waals surface area contributed by atoms with E-state index in [4.69, 9.17) is 10.00 Å². The zero-order chi connectivity index (χ0) is 19.9. The lowest BCUT2D eigenvalue weighted by atomic mass is 9.88. The molecule has 8 nitrogen and oxygen atoms in total. The van der Waals surface area contributed by atoms with Crippen LogP contribution in [0, 0.1) is 11.3 Å². The lowest BCUT2D eigenvalue weighted by Gasteiger charge is -2.31. The Balaban J connectivity index is 1.70. The van der Waals surface area contributed by atoms with Gasteiger partial charge in [0.2, 0.25) is 0 Å². The van der Waals surface area contributed by atoms with Crippen LogP contribution in [0.4, 0.5) is 4.79 Å². The largest absolute Gasteiger partial charge is 0.497 e. The first-order chi connectivity index (χ1) is 13.5. The average molecular weight is 376 g/mol. The number of fused-ring (bicyclic) bond motifs is 1. The van der Waals surface area contributed by atoms with E-state index in [1.54, 1.807) is 36.4 Å². The van der Waals surface area contributed by atoms with E-state index in [9.17, 15) is 14.4 Å². The number of carbonyl (C=O) groups is 3. The van der Waals surface area contributed by atoms with Gasteiger partial charge in [-0.2, -0.15) is 5.26 Å². The summed E-state index contributed by atoms with van der Waals surface area (Å²) in [6, 6.07) is 13.0. The van der Waals surface area contributed by atoms with Gasteiger partial charge in [-0.1, -0.05) is 18.2 Å². The van der Waals surface area contributed by atoms with Crippen LogP contribution in [-0.4, -0.2) is 36.4 Å². The molecule has 0 radical (unpaired) electrons. The van der Waals surface area contributed by atoms with E-state index in [1.165, 1.54) is 12.0 Å². The fourth-order valence-electron chi connectivity index (χ4n) is 3.61. The Bertz CT molecular complexity index is 1040. The van der Waals surface area contributed by atoms with Gasteiger partial charge in [0.05, 0.1) is 25.3 Å². The highest BCUT2D eigenvalue weighted by Crippen LogP contribution is 2.32. The zero-order valence-corrected chi connectivity index (χ0v) is 15.0. The van der Waals surface area contributed by atoms with Gasteiger partial charge in [-0.3, -0.25) is 14.9 Å². The van der Waals surface area contributed by atoms with Gasteiger partial charge in [-0.05, 0) is 35.4 Å². The molecule has 1 fully saturated rings. The highest BCUT2D eigenvalue weighted by Gasteiger charge is 2.50. The molecule has 1 unspecified atom stereocenters. The van der Waals surface area contributed by atoms with Gasteiger partial charge in [0.25, 0.3) is 11.8 Å². The maximum absolute atomic E-state index is 12.9. The molecule has 140 valence electrons. The van der Waals surface area contributed by atoms with E-state index in [0.29, 0.717) is 29.0 Å². The Morgan fingerprint density at radius 2 is 1.93 bits per heavy atom. The van der Waals surface area contributed by atoms with E-state index in [-0.39, 0.29) is 12.5 Å². The molecule has 4 amide bonds. The van der Waals surface area contributed by atoms with Crippen molar-refractivity contribution in [3.05, 3.63) is 64.7 Å². The molecule has 2 heterocycles. The maximum atomic E-state index is 12.9. The van der Waals surface area contributed by atoms with Gasteiger partial charge in [-0.25, -0.2) is 4.79 Å². The Kier molecular flexibility index (Phi) is 4.00. The van der Waals surface area contributed by atoms with E-state index in [0.717, 1.165) is 5.56 Å². The first-order valence-corrected chi connectivity index (χ1v) is 8.57. The summed E-state index contributed by atoms with van der Waals surface area (Å²) in [6.07, 6.45) is 0. The van der Waals surface area contributed by atoms with Crippen LogP contribution in [0.3, 0.4) is 0 Å². The molecule has 2 aromatic carbocycles. The molecule has 0 saturated carbocycles. The third-order valence-electron chi connectivity index (χ3n) is 5.07. The number of amides is 4. The lowest BCUT2D eigenvalue weighted by molar-refractivity contribution is -0.124. The quantitative estimate of drug-likeness (QED) is 0.781. The molecule has 0 spiro atoms. The smallest absolute Gasteiger partial charge is 0.322 e. The second-order valence-corrected chi connectivity index (χ2v) is 6.69. The van der Waals surface area contributed by atoms with Gasteiger partial charge >= 0.3 is 6.03 Å². The highest BCUT2D eigenvalue weighted by atomic mass is 16.5. The van der Waals surface area contributed by atoms with Gasteiger partial charge < -0.3 is 15.0 Å². The number of hydrogen-bond donors (Lipinski definition) is 2. The third kappa shape index (κ3) is 2.65. The van der Waals surface area contributed by atoms with Crippen molar-refractivity contribution in [3.8, 4) is 11.8 Å². The van der Waals surface area contributed by atoms with Crippen molar-refractivity contribution >= 4 is 17.8 Å². The second kappa shape index (κ2) is 6.39. The predicted octanol–water partition coefficient (Wildman–Crippen LogP) is 1.26. The monoisotopic (exact) mass is 376 g/mol. The molecule has 1 saturated heterocycles. The minimum atomic E-state index is -1.42. The molecule has 2 N–H and O–H groups in total. The number of hydrogen-bond acceptors (Lipinski definition) is 5. The zero-order valence-electron chi connectivity index (χ0n) is 15.0. The summed E-state index contributed by atoms with van der Waals surface area (Å²) in [6.45, 7) is 0.283. The summed E-state index contributed by atoms with van der Waals surface area (Å²) < 4.78 is 5.18. The number of methoxy groups -OCH3 is 1. The van der Waals surface area contributed by atoms with Crippen molar-refractivity contribution < 1.29 is 19.1 Å². The van der Waals surface area contributed by atoms with E-state index < -0.39 is 17.5 Å². The summed E-state index contributed by atoms with van der Waals surface area (Å²) >= 11 is 0. The van der Waals surface area contributed by atoms with Crippen LogP contribution < -0.4 is 15.4 Å². The molecule has 0 aliphatic carbocycles. The number of nitrogens with one attached hydrogen (secondary N) is 2. The van der Waals surface area contributed by atoms with Crippen molar-refractivity contribution in [1.82, 2.24) is 15.5 Å². The van der Waals surface area contributed by atoms with Gasteiger partial charge in [-0.15, -0.1) is 0 Å². The number of imide groups is 1. The molecule has 2 aliphatic rings. The molecule has 0 bridgehead atoms. The first kappa shape index (κ1) is 17.5. The fourth-order valence-corrected chi connectivity index (χ4v) is 3.61. The normalized spacial score (nSPS) is 20.4. The van der Waals surface area contributed by atoms with Crippen LogP contribution in [0.15, 0.2) is 42.5 Å². The Hall–Kier alpha value is -3.86. The number of benzene rings is 2. The number of nitriles is 1. The Labute approximate surface area is 160 Å². The summed E-state index contributed by atoms with van der Waals surface area (Å²) in [5.41, 5.74) is 0.841. The van der Waals surface area contributed by atoms with Crippen LogP contribution >= 0.6 is 0 Å². The SMILES string of the molecule is COc1ccc2c(c1)C(=O)N(CC1(c3ccc(C#N)cc3)NC(=O)NC1=O)C2. The van der Waals surface area contributed by atoms with Gasteiger partial charge in [0, 0.05) is 12.1 Å². The molecular formula is C20H16N4O4. The molecule has 2 aliphatic heterocycles. The lowest BCUT2D eigenvalue weighted by Crippen LogP contribution is -2.52. The molecule has 0 aromatic heterocycles. The molecular weight excluding hydrogens is 360 g/mol. The Morgan fingerprint density at radius 3 is 2.54 bits per heavy atom. The topological polar surface area (TPSA) is 112 Å². The highest BCUT2D eigenvalue weighted by molar-refractivity contribution is 6.08. The molecule has 4 rings (SSSR count). The number of carbonyl (C=O) groups excluding carboxylic acids is 3. The van der Waals surface area contributed by atoms with E-state index in [2.05, 4.69) is 10.6 Å². The van der Waals surface area contributed by atoms with Crippen LogP contribution in [0.25, 0.3) is 0 Å². The molecule has 2 aromatic rings. The fraction of sp³-hybridized carbons (Fsp3) is 0.200. The van der Waals surface area contributed by atoms with Crippen LogP contribution in [0.5, 0.6) is 5.75 Å². The molecule has 28 heavy (non-hydrogen) atoms. The standard InChI is InChI=1S/C20H16N4O4/c1-28-15-7-4-13-10-24(17(25)16(13)8-15)11-20(18(26)22-19(27)23-20)14-5-2-12(9-21)3-6-14/h2-8H,10-11H2,1H3,(H2,22,23,26,27). The number of nitrogens with zero attached hydrogens (tertiary/aromatic N) is 2. The number of urea groups is 1. The van der Waals surface area contributed by atoms with Crippen molar-refractivity contribution in [1.29, 1.82) is 5.26 Å². The second-order valence-electron chi connectivity index (χ2n) is 6.69. The van der Waals surface area contributed by atoms with Crippen LogP contribution in [0.2, 0.25) is 0 Å².